The Morgan fingerprint density at radius 1 is 1.17 bits per heavy atom. The number of esters is 1. The molecule has 1 atom stereocenters. The predicted octanol–water partition coefficient (Wildman–Crippen LogP) is 2.75. The van der Waals surface area contributed by atoms with E-state index < -0.39 is 23.8 Å². The molecule has 24 heavy (non-hydrogen) atoms. The fourth-order valence-electron chi connectivity index (χ4n) is 2.52. The first kappa shape index (κ1) is 15.9. The van der Waals surface area contributed by atoms with Gasteiger partial charge in [0.05, 0.1) is 5.56 Å². The number of amides is 1. The highest BCUT2D eigenvalue weighted by atomic mass is 19.1. The van der Waals surface area contributed by atoms with Crippen LogP contribution in [0.2, 0.25) is 0 Å². The van der Waals surface area contributed by atoms with E-state index in [0.29, 0.717) is 16.8 Å². The molecule has 5 nitrogen and oxygen atoms in total. The van der Waals surface area contributed by atoms with Crippen molar-refractivity contribution in [2.24, 2.45) is 0 Å². The molecule has 0 aromatic heterocycles. The van der Waals surface area contributed by atoms with Gasteiger partial charge in [-0.3, -0.25) is 9.59 Å². The fourth-order valence-corrected chi connectivity index (χ4v) is 2.52. The van der Waals surface area contributed by atoms with Crippen LogP contribution in [-0.4, -0.2) is 23.8 Å². The minimum absolute atomic E-state index is 0.0762. The van der Waals surface area contributed by atoms with Gasteiger partial charge in [-0.15, -0.1) is 0 Å². The van der Waals surface area contributed by atoms with Gasteiger partial charge in [0.1, 0.15) is 5.82 Å². The summed E-state index contributed by atoms with van der Waals surface area (Å²) in [6.07, 6.45) is -0.921. The summed E-state index contributed by atoms with van der Waals surface area (Å²) in [5, 5.41) is 2.62. The Bertz CT molecular complexity index is 829. The fraction of sp³-hybridized carbons (Fsp3) is 0.167. The maximum atomic E-state index is 13.3. The van der Waals surface area contributed by atoms with E-state index >= 15 is 0 Å². The van der Waals surface area contributed by atoms with Gasteiger partial charge in [-0.25, -0.2) is 9.18 Å². The average molecular weight is 327 g/mol. The molecule has 1 aliphatic heterocycles. The molecule has 0 radical (unpaired) electrons. The summed E-state index contributed by atoms with van der Waals surface area (Å²) < 4.78 is 18.4. The molecule has 1 N–H and O–H groups in total. The highest BCUT2D eigenvalue weighted by molar-refractivity contribution is 6.00. The summed E-state index contributed by atoms with van der Waals surface area (Å²) in [6, 6.07) is 10.1. The molecule has 0 aliphatic carbocycles. The van der Waals surface area contributed by atoms with Crippen LogP contribution in [0.3, 0.4) is 0 Å². The van der Waals surface area contributed by atoms with E-state index in [4.69, 9.17) is 4.74 Å². The number of carbonyl (C=O) groups excluding carboxylic acids is 3. The Labute approximate surface area is 137 Å². The number of carbonyl (C=O) groups is 3. The van der Waals surface area contributed by atoms with Gasteiger partial charge in [-0.1, -0.05) is 0 Å². The summed E-state index contributed by atoms with van der Waals surface area (Å²) >= 11 is 0. The van der Waals surface area contributed by atoms with Gasteiger partial charge in [0.25, 0.3) is 5.91 Å². The molecule has 122 valence electrons. The largest absolute Gasteiger partial charge is 0.448 e. The molecule has 1 aliphatic rings. The normalized spacial score (nSPS) is 16.1. The van der Waals surface area contributed by atoms with Crippen molar-refractivity contribution in [2.75, 3.05) is 5.32 Å². The molecular weight excluding hydrogens is 313 g/mol. The Kier molecular flexibility index (Phi) is 4.12. The number of cyclic esters (lactones) is 1. The number of anilines is 1. The van der Waals surface area contributed by atoms with Crippen LogP contribution in [0.4, 0.5) is 10.1 Å². The quantitative estimate of drug-likeness (QED) is 0.695. The Morgan fingerprint density at radius 2 is 1.88 bits per heavy atom. The van der Waals surface area contributed by atoms with E-state index in [1.54, 1.807) is 24.3 Å². The van der Waals surface area contributed by atoms with Crippen molar-refractivity contribution in [3.63, 3.8) is 0 Å². The number of ether oxygens (including phenoxy) is 1. The van der Waals surface area contributed by atoms with Crippen molar-refractivity contribution < 1.29 is 23.5 Å². The summed E-state index contributed by atoms with van der Waals surface area (Å²) in [5.74, 6) is -1.70. The lowest BCUT2D eigenvalue weighted by Gasteiger charge is -2.23. The smallest absolute Gasteiger partial charge is 0.339 e. The SMILES string of the molecule is CC(=O)c1ccc(NC(=O)C2Cc3cc(F)ccc3C(=O)O2)cc1. The average Bonchev–Trinajstić information content (AvgIpc) is 2.54. The van der Waals surface area contributed by atoms with Crippen LogP contribution < -0.4 is 5.32 Å². The van der Waals surface area contributed by atoms with E-state index in [-0.39, 0.29) is 17.8 Å². The van der Waals surface area contributed by atoms with Gasteiger partial charge in [0.2, 0.25) is 0 Å². The van der Waals surface area contributed by atoms with Gasteiger partial charge in [-0.05, 0) is 55.0 Å². The van der Waals surface area contributed by atoms with Crippen molar-refractivity contribution in [1.29, 1.82) is 0 Å². The van der Waals surface area contributed by atoms with E-state index in [0.717, 1.165) is 0 Å². The number of hydrogen-bond acceptors (Lipinski definition) is 4. The van der Waals surface area contributed by atoms with Crippen molar-refractivity contribution in [3.8, 4) is 0 Å². The lowest BCUT2D eigenvalue weighted by Crippen LogP contribution is -2.38. The monoisotopic (exact) mass is 327 g/mol. The van der Waals surface area contributed by atoms with Crippen molar-refractivity contribution in [1.82, 2.24) is 0 Å². The zero-order chi connectivity index (χ0) is 17.3. The minimum atomic E-state index is -1.03. The third kappa shape index (κ3) is 3.17. The Morgan fingerprint density at radius 3 is 2.54 bits per heavy atom. The van der Waals surface area contributed by atoms with Crippen LogP contribution in [-0.2, 0) is 16.0 Å². The molecule has 0 saturated carbocycles. The molecule has 1 amide bonds. The van der Waals surface area contributed by atoms with Gasteiger partial charge in [0.15, 0.2) is 11.9 Å². The van der Waals surface area contributed by atoms with Gasteiger partial charge >= 0.3 is 5.97 Å². The second-order valence-corrected chi connectivity index (χ2v) is 5.52. The molecule has 0 saturated heterocycles. The second-order valence-electron chi connectivity index (χ2n) is 5.52. The predicted molar refractivity (Wildman–Crippen MR) is 84.4 cm³/mol. The number of hydrogen-bond donors (Lipinski definition) is 1. The maximum absolute atomic E-state index is 13.3. The van der Waals surface area contributed by atoms with Crippen molar-refractivity contribution in [2.45, 2.75) is 19.4 Å². The van der Waals surface area contributed by atoms with Gasteiger partial charge < -0.3 is 10.1 Å². The molecule has 2 aromatic rings. The number of fused-ring (bicyclic) bond motifs is 1. The first-order valence-corrected chi connectivity index (χ1v) is 7.35. The molecule has 0 bridgehead atoms. The summed E-state index contributed by atoms with van der Waals surface area (Å²) in [5.41, 5.74) is 1.72. The minimum Gasteiger partial charge on any atom is -0.448 e. The molecule has 2 aromatic carbocycles. The van der Waals surface area contributed by atoms with Crippen LogP contribution in [0.25, 0.3) is 0 Å². The van der Waals surface area contributed by atoms with E-state index in [1.807, 2.05) is 0 Å². The van der Waals surface area contributed by atoms with Crippen LogP contribution in [0.5, 0.6) is 0 Å². The lowest BCUT2D eigenvalue weighted by molar-refractivity contribution is -0.125. The molecule has 0 fully saturated rings. The van der Waals surface area contributed by atoms with Crippen LogP contribution in [0, 0.1) is 5.82 Å². The number of Topliss-reactive ketones (excluding diaryl/α,β-unsaturated/α-hetero) is 1. The van der Waals surface area contributed by atoms with Gasteiger partial charge in [-0.2, -0.15) is 0 Å². The number of nitrogens with one attached hydrogen (secondary N) is 1. The Hall–Kier alpha value is -3.02. The van der Waals surface area contributed by atoms with Crippen LogP contribution in [0.1, 0.15) is 33.2 Å². The van der Waals surface area contributed by atoms with E-state index in [9.17, 15) is 18.8 Å². The molecule has 1 unspecified atom stereocenters. The summed E-state index contributed by atoms with van der Waals surface area (Å²) in [7, 11) is 0. The molecule has 6 heteroatoms. The molecule has 0 spiro atoms. The topological polar surface area (TPSA) is 72.5 Å². The molecule has 1 heterocycles. The first-order chi connectivity index (χ1) is 11.4. The first-order valence-electron chi connectivity index (χ1n) is 7.35. The van der Waals surface area contributed by atoms with Crippen molar-refractivity contribution in [3.05, 3.63) is 65.0 Å². The van der Waals surface area contributed by atoms with Crippen molar-refractivity contribution >= 4 is 23.3 Å². The number of benzene rings is 2. The zero-order valence-corrected chi connectivity index (χ0v) is 12.8. The van der Waals surface area contributed by atoms with Gasteiger partial charge in [0, 0.05) is 17.7 Å². The third-order valence-electron chi connectivity index (χ3n) is 3.79. The van der Waals surface area contributed by atoms with Crippen LogP contribution >= 0.6 is 0 Å². The second kappa shape index (κ2) is 6.23. The van der Waals surface area contributed by atoms with E-state index in [1.165, 1.54) is 25.1 Å². The lowest BCUT2D eigenvalue weighted by atomic mass is 9.98. The Balaban J connectivity index is 1.74. The number of halogens is 1. The number of rotatable bonds is 3. The highest BCUT2D eigenvalue weighted by Gasteiger charge is 2.31. The standard InChI is InChI=1S/C18H14FNO4/c1-10(21)11-2-5-14(6-3-11)20-17(22)16-9-12-8-13(19)4-7-15(12)18(23)24-16/h2-8,16H,9H2,1H3,(H,20,22). The van der Waals surface area contributed by atoms with Crippen LogP contribution in [0.15, 0.2) is 42.5 Å². The third-order valence-corrected chi connectivity index (χ3v) is 3.79. The molecule has 3 rings (SSSR count). The molecular formula is C18H14FNO4. The number of ketones is 1. The summed E-state index contributed by atoms with van der Waals surface area (Å²) in [4.78, 5) is 35.4. The maximum Gasteiger partial charge on any atom is 0.339 e. The zero-order valence-electron chi connectivity index (χ0n) is 12.8. The summed E-state index contributed by atoms with van der Waals surface area (Å²) in [6.45, 7) is 1.45. The van der Waals surface area contributed by atoms with E-state index in [2.05, 4.69) is 5.32 Å². The highest BCUT2D eigenvalue weighted by Crippen LogP contribution is 2.22.